The SMILES string of the molecule is CC(=O)Nc1ccc(N2C(=S)N[C@H](c3ccccn3)[C@@H]2c2cccn2Cc2ccco2)cc1. The molecule has 166 valence electrons. The van der Waals surface area contributed by atoms with E-state index in [2.05, 4.69) is 31.2 Å². The van der Waals surface area contributed by atoms with E-state index in [9.17, 15) is 4.79 Å². The van der Waals surface area contributed by atoms with Crippen LogP contribution in [0.2, 0.25) is 0 Å². The molecule has 8 heteroatoms. The molecule has 0 bridgehead atoms. The van der Waals surface area contributed by atoms with Crippen molar-refractivity contribution in [1.82, 2.24) is 14.9 Å². The van der Waals surface area contributed by atoms with Gasteiger partial charge in [-0.3, -0.25) is 9.78 Å². The summed E-state index contributed by atoms with van der Waals surface area (Å²) in [6.07, 6.45) is 5.53. The number of hydrogen-bond acceptors (Lipinski definition) is 4. The summed E-state index contributed by atoms with van der Waals surface area (Å²) in [4.78, 5) is 18.1. The Morgan fingerprint density at radius 3 is 2.67 bits per heavy atom. The number of hydrogen-bond donors (Lipinski definition) is 2. The van der Waals surface area contributed by atoms with Crippen molar-refractivity contribution in [3.8, 4) is 0 Å². The summed E-state index contributed by atoms with van der Waals surface area (Å²) in [7, 11) is 0. The molecule has 4 aromatic rings. The van der Waals surface area contributed by atoms with E-state index in [1.165, 1.54) is 6.92 Å². The van der Waals surface area contributed by atoms with Crippen molar-refractivity contribution in [2.45, 2.75) is 25.6 Å². The molecule has 1 fully saturated rings. The number of rotatable bonds is 6. The van der Waals surface area contributed by atoms with E-state index in [0.29, 0.717) is 11.7 Å². The maximum Gasteiger partial charge on any atom is 0.221 e. The summed E-state index contributed by atoms with van der Waals surface area (Å²) >= 11 is 5.80. The number of carbonyl (C=O) groups is 1. The molecule has 1 aliphatic rings. The lowest BCUT2D eigenvalue weighted by atomic mass is 10.0. The molecule has 7 nitrogen and oxygen atoms in total. The maximum absolute atomic E-state index is 11.4. The van der Waals surface area contributed by atoms with Gasteiger partial charge in [-0.15, -0.1) is 0 Å². The fourth-order valence-corrected chi connectivity index (χ4v) is 4.60. The lowest BCUT2D eigenvalue weighted by molar-refractivity contribution is -0.114. The van der Waals surface area contributed by atoms with E-state index in [1.807, 2.05) is 66.9 Å². The van der Waals surface area contributed by atoms with E-state index in [4.69, 9.17) is 16.6 Å². The molecule has 2 N–H and O–H groups in total. The molecular weight excluding hydrogens is 434 g/mol. The average Bonchev–Trinajstić information content (AvgIpc) is 3.55. The van der Waals surface area contributed by atoms with Gasteiger partial charge in [-0.2, -0.15) is 0 Å². The van der Waals surface area contributed by atoms with E-state index in [0.717, 1.165) is 28.5 Å². The number of anilines is 2. The first-order valence-corrected chi connectivity index (χ1v) is 11.1. The van der Waals surface area contributed by atoms with Crippen LogP contribution in [0.25, 0.3) is 0 Å². The second kappa shape index (κ2) is 8.91. The lowest BCUT2D eigenvalue weighted by Crippen LogP contribution is -2.30. The second-order valence-electron chi connectivity index (χ2n) is 7.86. The highest BCUT2D eigenvalue weighted by molar-refractivity contribution is 7.80. The fourth-order valence-electron chi connectivity index (χ4n) is 4.25. The van der Waals surface area contributed by atoms with Gasteiger partial charge in [0.05, 0.1) is 24.5 Å². The smallest absolute Gasteiger partial charge is 0.221 e. The van der Waals surface area contributed by atoms with Gasteiger partial charge in [0.25, 0.3) is 0 Å². The minimum atomic E-state index is -0.140. The van der Waals surface area contributed by atoms with E-state index in [-0.39, 0.29) is 18.0 Å². The number of amides is 1. The molecule has 4 heterocycles. The molecule has 2 atom stereocenters. The number of nitrogens with one attached hydrogen (secondary N) is 2. The zero-order valence-electron chi connectivity index (χ0n) is 18.0. The molecule has 3 aromatic heterocycles. The van der Waals surface area contributed by atoms with Crippen molar-refractivity contribution < 1.29 is 9.21 Å². The predicted octanol–water partition coefficient (Wildman–Crippen LogP) is 4.66. The van der Waals surface area contributed by atoms with Crippen molar-refractivity contribution in [3.63, 3.8) is 0 Å². The number of benzene rings is 1. The largest absolute Gasteiger partial charge is 0.467 e. The molecule has 0 spiro atoms. The van der Waals surface area contributed by atoms with Crippen LogP contribution in [0.1, 0.15) is 36.2 Å². The Balaban J connectivity index is 1.56. The van der Waals surface area contributed by atoms with Crippen LogP contribution in [-0.4, -0.2) is 20.6 Å². The first kappa shape index (κ1) is 21.0. The zero-order valence-corrected chi connectivity index (χ0v) is 18.8. The molecule has 0 aliphatic carbocycles. The van der Waals surface area contributed by atoms with E-state index in [1.54, 1.807) is 12.5 Å². The standard InChI is InChI=1S/C25H23N5O2S/c1-17(31)27-18-9-11-19(12-10-18)30-24(23(28-25(30)33)21-7-2-3-13-26-21)22-8-4-14-29(22)16-20-6-5-15-32-20/h2-15,23-24H,16H2,1H3,(H,27,31)(H,28,33)/t23-,24+/m1/s1. The number of thiocarbonyl (C=S) groups is 1. The molecule has 5 rings (SSSR count). The highest BCUT2D eigenvalue weighted by Crippen LogP contribution is 2.42. The Morgan fingerprint density at radius 2 is 1.97 bits per heavy atom. The third kappa shape index (κ3) is 4.25. The Kier molecular flexibility index (Phi) is 5.66. The summed E-state index contributed by atoms with van der Waals surface area (Å²) in [5.74, 6) is 0.770. The van der Waals surface area contributed by atoms with Crippen LogP contribution in [0.15, 0.2) is 89.8 Å². The second-order valence-corrected chi connectivity index (χ2v) is 8.25. The summed E-state index contributed by atoms with van der Waals surface area (Å²) in [5, 5.41) is 6.91. The zero-order chi connectivity index (χ0) is 22.8. The van der Waals surface area contributed by atoms with Crippen molar-refractivity contribution >= 4 is 34.6 Å². The Bertz CT molecular complexity index is 1250. The van der Waals surface area contributed by atoms with Crippen LogP contribution < -0.4 is 15.5 Å². The van der Waals surface area contributed by atoms with Gasteiger partial charge in [0, 0.05) is 36.4 Å². The van der Waals surface area contributed by atoms with Crippen molar-refractivity contribution in [3.05, 3.63) is 103 Å². The topological polar surface area (TPSA) is 75.3 Å². The van der Waals surface area contributed by atoms with E-state index >= 15 is 0 Å². The third-order valence-corrected chi connectivity index (χ3v) is 5.95. The van der Waals surface area contributed by atoms with Crippen LogP contribution in [0.5, 0.6) is 0 Å². The average molecular weight is 458 g/mol. The summed E-state index contributed by atoms with van der Waals surface area (Å²) in [6, 6.07) is 21.3. The molecule has 0 unspecified atom stereocenters. The van der Waals surface area contributed by atoms with Crippen LogP contribution in [0, 0.1) is 0 Å². The monoisotopic (exact) mass is 457 g/mol. The number of pyridine rings is 1. The summed E-state index contributed by atoms with van der Waals surface area (Å²) in [5.41, 5.74) is 3.66. The van der Waals surface area contributed by atoms with Crippen molar-refractivity contribution in [2.24, 2.45) is 0 Å². The number of nitrogens with zero attached hydrogens (tertiary/aromatic N) is 3. The number of carbonyl (C=O) groups excluding carboxylic acids is 1. The van der Waals surface area contributed by atoms with Crippen molar-refractivity contribution in [2.75, 3.05) is 10.2 Å². The number of aromatic nitrogens is 2. The van der Waals surface area contributed by atoms with Crippen LogP contribution in [0.3, 0.4) is 0 Å². The first-order chi connectivity index (χ1) is 16.1. The van der Waals surface area contributed by atoms with Crippen molar-refractivity contribution in [1.29, 1.82) is 0 Å². The minimum absolute atomic E-state index is 0.107. The Morgan fingerprint density at radius 1 is 1.12 bits per heavy atom. The molecule has 0 saturated carbocycles. The number of furan rings is 1. The Labute approximate surface area is 197 Å². The predicted molar refractivity (Wildman–Crippen MR) is 131 cm³/mol. The van der Waals surface area contributed by atoms with Gasteiger partial charge in [-0.25, -0.2) is 0 Å². The summed E-state index contributed by atoms with van der Waals surface area (Å²) < 4.78 is 7.77. The van der Waals surface area contributed by atoms with Crippen LogP contribution in [0.4, 0.5) is 11.4 Å². The van der Waals surface area contributed by atoms with Gasteiger partial charge in [0.1, 0.15) is 11.8 Å². The fraction of sp³-hybridized carbons (Fsp3) is 0.160. The van der Waals surface area contributed by atoms with Gasteiger partial charge >= 0.3 is 0 Å². The highest BCUT2D eigenvalue weighted by atomic mass is 32.1. The summed E-state index contributed by atoms with van der Waals surface area (Å²) in [6.45, 7) is 2.11. The molecule has 1 aliphatic heterocycles. The third-order valence-electron chi connectivity index (χ3n) is 5.64. The van der Waals surface area contributed by atoms with Gasteiger partial charge < -0.3 is 24.5 Å². The minimum Gasteiger partial charge on any atom is -0.467 e. The molecule has 1 amide bonds. The maximum atomic E-state index is 11.4. The highest BCUT2D eigenvalue weighted by Gasteiger charge is 2.42. The Hall–Kier alpha value is -3.91. The normalized spacial score (nSPS) is 17.7. The van der Waals surface area contributed by atoms with Gasteiger partial charge in [0.15, 0.2) is 5.11 Å². The molecule has 1 aromatic carbocycles. The molecular formula is C25H23N5O2S. The molecule has 1 saturated heterocycles. The lowest BCUT2D eigenvalue weighted by Gasteiger charge is -2.29. The van der Waals surface area contributed by atoms with Crippen LogP contribution >= 0.6 is 12.2 Å². The molecule has 33 heavy (non-hydrogen) atoms. The quantitative estimate of drug-likeness (QED) is 0.410. The van der Waals surface area contributed by atoms with E-state index < -0.39 is 0 Å². The van der Waals surface area contributed by atoms with Gasteiger partial charge in [-0.1, -0.05) is 6.07 Å². The van der Waals surface area contributed by atoms with Gasteiger partial charge in [-0.05, 0) is 72.9 Å². The molecule has 0 radical (unpaired) electrons. The van der Waals surface area contributed by atoms with Gasteiger partial charge in [0.2, 0.25) is 5.91 Å². The van der Waals surface area contributed by atoms with Crippen LogP contribution in [-0.2, 0) is 11.3 Å². The first-order valence-electron chi connectivity index (χ1n) is 10.7.